The molecule has 0 bridgehead atoms. The Morgan fingerprint density at radius 2 is 1.70 bits per heavy atom. The van der Waals surface area contributed by atoms with Crippen molar-refractivity contribution in [2.45, 2.75) is 15.7 Å². The van der Waals surface area contributed by atoms with Gasteiger partial charge < -0.3 is 10.1 Å². The highest BCUT2D eigenvalue weighted by molar-refractivity contribution is 8.04. The molecule has 3 aromatic carbocycles. The van der Waals surface area contributed by atoms with E-state index in [1.165, 1.54) is 0 Å². The topological polar surface area (TPSA) is 72.1 Å². The zero-order valence-corrected chi connectivity index (χ0v) is 19.3. The number of para-hydroxylation sites is 2. The first kappa shape index (κ1) is 20.0. The van der Waals surface area contributed by atoms with Crippen molar-refractivity contribution in [1.82, 2.24) is 0 Å². The average Bonchev–Trinajstić information content (AvgIpc) is 3.45. The van der Waals surface area contributed by atoms with Crippen molar-refractivity contribution in [2.24, 2.45) is 0 Å². The predicted molar refractivity (Wildman–Crippen MR) is 134 cm³/mol. The van der Waals surface area contributed by atoms with E-state index in [4.69, 9.17) is 4.74 Å². The minimum atomic E-state index is -0.356. The number of ether oxygens (including phenoxy) is 1. The maximum absolute atomic E-state index is 10.4. The molecule has 3 aliphatic heterocycles. The fourth-order valence-corrected chi connectivity index (χ4v) is 6.68. The lowest BCUT2D eigenvalue weighted by molar-refractivity contribution is 0.414. The van der Waals surface area contributed by atoms with E-state index < -0.39 is 0 Å². The van der Waals surface area contributed by atoms with Crippen LogP contribution in [0.2, 0.25) is 0 Å². The summed E-state index contributed by atoms with van der Waals surface area (Å²) < 4.78 is 5.35. The smallest absolute Gasteiger partial charge is 0.137 e. The zero-order chi connectivity index (χ0) is 22.5. The van der Waals surface area contributed by atoms with E-state index in [9.17, 15) is 10.7 Å². The van der Waals surface area contributed by atoms with Crippen LogP contribution in [0.15, 0.2) is 104 Å². The normalized spacial score (nSPS) is 20.7. The Hall–Kier alpha value is -3.60. The third-order valence-electron chi connectivity index (χ3n) is 5.96. The fraction of sp³-hybridized carbons (Fsp3) is 0.0769. The fourth-order valence-electron chi connectivity index (χ4n) is 4.43. The van der Waals surface area contributed by atoms with Crippen LogP contribution in [0.4, 0.5) is 11.4 Å². The van der Waals surface area contributed by atoms with E-state index in [0.717, 1.165) is 48.1 Å². The summed E-state index contributed by atoms with van der Waals surface area (Å²) in [6, 6.07) is 26.5. The molecule has 2 N–H and O–H groups in total. The van der Waals surface area contributed by atoms with Gasteiger partial charge in [0.1, 0.15) is 16.6 Å². The van der Waals surface area contributed by atoms with Gasteiger partial charge >= 0.3 is 0 Å². The predicted octanol–water partition coefficient (Wildman–Crippen LogP) is 6.55. The molecule has 0 spiro atoms. The lowest BCUT2D eigenvalue weighted by atomic mass is 9.82. The van der Waals surface area contributed by atoms with Crippen LogP contribution in [-0.2, 0) is 0 Å². The van der Waals surface area contributed by atoms with Gasteiger partial charge in [-0.25, -0.2) is 0 Å². The summed E-state index contributed by atoms with van der Waals surface area (Å²) in [7, 11) is 1.64. The second kappa shape index (κ2) is 7.77. The molecule has 0 fully saturated rings. The SMILES string of the molecule is COc1ccc(C2C(C#N)=C3Sc4ccccc4N3C(=N)/C2=C2/Nc3ccccc3S2)cc1. The van der Waals surface area contributed by atoms with Gasteiger partial charge in [0.15, 0.2) is 0 Å². The molecule has 3 heterocycles. The number of allylic oxidation sites excluding steroid dienone is 1. The molecule has 0 radical (unpaired) electrons. The van der Waals surface area contributed by atoms with E-state index in [1.54, 1.807) is 30.6 Å². The molecule has 6 rings (SSSR count). The van der Waals surface area contributed by atoms with Gasteiger partial charge in [-0.05, 0) is 42.0 Å². The number of anilines is 2. The van der Waals surface area contributed by atoms with E-state index in [1.807, 2.05) is 71.6 Å². The molecule has 0 amide bonds. The van der Waals surface area contributed by atoms with Crippen LogP contribution in [0.3, 0.4) is 0 Å². The monoisotopic (exact) mass is 466 g/mol. The van der Waals surface area contributed by atoms with Crippen molar-refractivity contribution in [3.63, 3.8) is 0 Å². The first-order valence-electron chi connectivity index (χ1n) is 10.4. The Bertz CT molecular complexity index is 1390. The van der Waals surface area contributed by atoms with Crippen LogP contribution in [0, 0.1) is 16.7 Å². The molecule has 160 valence electrons. The molecule has 1 unspecified atom stereocenters. The molecule has 0 aliphatic carbocycles. The van der Waals surface area contributed by atoms with Crippen LogP contribution in [0.1, 0.15) is 11.5 Å². The Kier molecular flexibility index (Phi) is 4.72. The molecule has 5 nitrogen and oxygen atoms in total. The molecule has 0 saturated carbocycles. The second-order valence-corrected chi connectivity index (χ2v) is 9.84. The number of rotatable bonds is 2. The number of methoxy groups -OCH3 is 1. The van der Waals surface area contributed by atoms with Gasteiger partial charge in [-0.1, -0.05) is 59.9 Å². The summed E-state index contributed by atoms with van der Waals surface area (Å²) >= 11 is 3.18. The number of nitrogens with zero attached hydrogens (tertiary/aromatic N) is 2. The van der Waals surface area contributed by atoms with Crippen LogP contribution in [-0.4, -0.2) is 12.9 Å². The van der Waals surface area contributed by atoms with Gasteiger partial charge in [0, 0.05) is 15.4 Å². The Morgan fingerprint density at radius 1 is 0.970 bits per heavy atom. The highest BCUT2D eigenvalue weighted by Gasteiger charge is 2.44. The second-order valence-electron chi connectivity index (χ2n) is 7.76. The maximum Gasteiger partial charge on any atom is 0.137 e. The van der Waals surface area contributed by atoms with Gasteiger partial charge in [0.05, 0.1) is 41.1 Å². The summed E-state index contributed by atoms with van der Waals surface area (Å²) in [6.07, 6.45) is 0. The third kappa shape index (κ3) is 3.06. The van der Waals surface area contributed by atoms with Crippen molar-refractivity contribution in [1.29, 1.82) is 10.7 Å². The quantitative estimate of drug-likeness (QED) is 0.446. The molecular weight excluding hydrogens is 448 g/mol. The van der Waals surface area contributed by atoms with Crippen molar-refractivity contribution < 1.29 is 4.74 Å². The lowest BCUT2D eigenvalue weighted by Crippen LogP contribution is -2.37. The number of thioether (sulfide) groups is 2. The number of hydrogen-bond donors (Lipinski definition) is 2. The molecule has 3 aromatic rings. The van der Waals surface area contributed by atoms with Crippen molar-refractivity contribution in [2.75, 3.05) is 17.3 Å². The van der Waals surface area contributed by atoms with Gasteiger partial charge in [0.2, 0.25) is 0 Å². The van der Waals surface area contributed by atoms with Gasteiger partial charge in [0.25, 0.3) is 0 Å². The van der Waals surface area contributed by atoms with Gasteiger partial charge in [-0.2, -0.15) is 5.26 Å². The van der Waals surface area contributed by atoms with Crippen molar-refractivity contribution >= 4 is 40.7 Å². The Balaban J connectivity index is 1.59. The minimum absolute atomic E-state index is 0.356. The average molecular weight is 467 g/mol. The molecular formula is C26H18N4OS2. The van der Waals surface area contributed by atoms with E-state index in [2.05, 4.69) is 17.5 Å². The summed E-state index contributed by atoms with van der Waals surface area (Å²) in [5.74, 6) is 0.797. The summed E-state index contributed by atoms with van der Waals surface area (Å²) in [5.41, 5.74) is 4.39. The largest absolute Gasteiger partial charge is 0.497 e. The summed E-state index contributed by atoms with van der Waals surface area (Å²) in [4.78, 5) is 4.09. The number of benzene rings is 3. The lowest BCUT2D eigenvalue weighted by Gasteiger charge is -2.35. The minimum Gasteiger partial charge on any atom is -0.497 e. The number of amidine groups is 1. The number of fused-ring (bicyclic) bond motifs is 4. The van der Waals surface area contributed by atoms with Crippen molar-refractivity contribution in [3.8, 4) is 11.8 Å². The van der Waals surface area contributed by atoms with Crippen molar-refractivity contribution in [3.05, 3.63) is 99.6 Å². The van der Waals surface area contributed by atoms with Gasteiger partial charge in [-0.15, -0.1) is 0 Å². The zero-order valence-electron chi connectivity index (χ0n) is 17.6. The number of nitriles is 1. The third-order valence-corrected chi connectivity index (χ3v) is 8.23. The molecule has 7 heteroatoms. The molecule has 0 aromatic heterocycles. The van der Waals surface area contributed by atoms with Crippen LogP contribution < -0.4 is 15.0 Å². The molecule has 0 saturated heterocycles. The Labute approximate surface area is 200 Å². The van der Waals surface area contributed by atoms with Crippen LogP contribution in [0.25, 0.3) is 0 Å². The standard InChI is InChI=1S/C26H18N4OS2/c1-31-16-12-10-15(11-13-16)22-17(14-27)26-30(19-7-3-5-9-21(19)33-26)24(28)23(22)25-29-18-6-2-4-8-20(18)32-25/h2-13,22,28-29H,1H3/b25-23-,28-24?. The maximum atomic E-state index is 10.4. The highest BCUT2D eigenvalue weighted by atomic mass is 32.2. The highest BCUT2D eigenvalue weighted by Crippen LogP contribution is 2.56. The van der Waals surface area contributed by atoms with Crippen LogP contribution >= 0.6 is 23.5 Å². The van der Waals surface area contributed by atoms with E-state index >= 15 is 0 Å². The van der Waals surface area contributed by atoms with E-state index in [0.29, 0.717) is 11.4 Å². The first-order chi connectivity index (χ1) is 16.2. The first-order valence-corrected chi connectivity index (χ1v) is 12.0. The molecule has 3 aliphatic rings. The summed E-state index contributed by atoms with van der Waals surface area (Å²) in [5, 5.41) is 24.9. The van der Waals surface area contributed by atoms with E-state index in [-0.39, 0.29) is 5.92 Å². The number of hydrogen-bond acceptors (Lipinski definition) is 6. The summed E-state index contributed by atoms with van der Waals surface area (Å²) in [6.45, 7) is 0. The Morgan fingerprint density at radius 3 is 2.42 bits per heavy atom. The number of nitrogens with one attached hydrogen (secondary N) is 2. The molecule has 1 atom stereocenters. The van der Waals surface area contributed by atoms with Crippen LogP contribution in [0.5, 0.6) is 5.75 Å². The van der Waals surface area contributed by atoms with Gasteiger partial charge in [-0.3, -0.25) is 10.3 Å². The molecule has 33 heavy (non-hydrogen) atoms.